The maximum atomic E-state index is 13.0. The van der Waals surface area contributed by atoms with Crippen LogP contribution >= 0.6 is 0 Å². The highest BCUT2D eigenvalue weighted by atomic mass is 16.3. The fraction of sp³-hybridized carbons (Fsp3) is 0.300. The monoisotopic (exact) mass is 377 g/mol. The van der Waals surface area contributed by atoms with Crippen molar-refractivity contribution in [1.82, 2.24) is 24.1 Å². The maximum Gasteiger partial charge on any atom is 0.291 e. The fourth-order valence-corrected chi connectivity index (χ4v) is 3.65. The van der Waals surface area contributed by atoms with E-state index in [2.05, 4.69) is 10.1 Å². The maximum absolute atomic E-state index is 13.0. The predicted octanol–water partition coefficient (Wildman–Crippen LogP) is 2.14. The third-order valence-corrected chi connectivity index (χ3v) is 5.13. The Morgan fingerprint density at radius 3 is 2.93 bits per heavy atom. The molecule has 1 saturated carbocycles. The lowest BCUT2D eigenvalue weighted by molar-refractivity contribution is -0.133. The van der Waals surface area contributed by atoms with Gasteiger partial charge in [-0.3, -0.25) is 19.0 Å². The Bertz CT molecular complexity index is 1230. The lowest BCUT2D eigenvalue weighted by Gasteiger charge is -2.22. The minimum absolute atomic E-state index is 0.0839. The number of furan rings is 1. The van der Waals surface area contributed by atoms with E-state index in [9.17, 15) is 9.59 Å². The average Bonchev–Trinajstić information content (AvgIpc) is 3.31. The van der Waals surface area contributed by atoms with Crippen molar-refractivity contribution in [3.05, 3.63) is 64.7 Å². The third kappa shape index (κ3) is 2.77. The molecule has 8 heteroatoms. The highest BCUT2D eigenvalue weighted by Gasteiger charge is 2.33. The molecule has 0 saturated heterocycles. The van der Waals surface area contributed by atoms with Gasteiger partial charge in [-0.2, -0.15) is 5.10 Å². The molecule has 4 aromatic rings. The van der Waals surface area contributed by atoms with E-state index in [0.717, 1.165) is 23.9 Å². The molecule has 142 valence electrons. The lowest BCUT2D eigenvalue weighted by Crippen LogP contribution is -2.39. The standard InChI is InChI=1S/C20H19N5O3/c1-13-22-24(20(27)17-9-18-16(25(13)17)6-8-28-18)12-19(26)23(15-4-5-15)11-14-3-2-7-21-10-14/h2-3,6-10,15H,4-5,11-12H2,1H3. The molecule has 0 aliphatic heterocycles. The van der Waals surface area contributed by atoms with Crippen molar-refractivity contribution < 1.29 is 9.21 Å². The molecular formula is C20H19N5O3. The summed E-state index contributed by atoms with van der Waals surface area (Å²) in [5, 5.41) is 4.38. The van der Waals surface area contributed by atoms with Gasteiger partial charge in [-0.05, 0) is 31.4 Å². The van der Waals surface area contributed by atoms with Gasteiger partial charge >= 0.3 is 0 Å². The first-order valence-corrected chi connectivity index (χ1v) is 9.26. The van der Waals surface area contributed by atoms with Gasteiger partial charge in [0.2, 0.25) is 5.91 Å². The molecule has 1 fully saturated rings. The molecule has 0 radical (unpaired) electrons. The van der Waals surface area contributed by atoms with Crippen molar-refractivity contribution in [1.29, 1.82) is 0 Å². The smallest absolute Gasteiger partial charge is 0.291 e. The zero-order chi connectivity index (χ0) is 19.3. The largest absolute Gasteiger partial charge is 0.463 e. The predicted molar refractivity (Wildman–Crippen MR) is 102 cm³/mol. The number of nitrogens with zero attached hydrogens (tertiary/aromatic N) is 5. The number of rotatable bonds is 5. The quantitative estimate of drug-likeness (QED) is 0.532. The van der Waals surface area contributed by atoms with E-state index in [4.69, 9.17) is 4.42 Å². The van der Waals surface area contributed by atoms with Crippen LogP contribution in [0.5, 0.6) is 0 Å². The number of carbonyl (C=O) groups excluding carboxylic acids is 1. The number of fused-ring (bicyclic) bond motifs is 3. The first kappa shape index (κ1) is 16.7. The number of aromatic nitrogens is 4. The Balaban J connectivity index is 1.47. The summed E-state index contributed by atoms with van der Waals surface area (Å²) in [6, 6.07) is 7.53. The molecule has 1 amide bonds. The van der Waals surface area contributed by atoms with Crippen molar-refractivity contribution in [2.75, 3.05) is 0 Å². The van der Waals surface area contributed by atoms with E-state index in [-0.39, 0.29) is 24.1 Å². The second-order valence-electron chi connectivity index (χ2n) is 7.16. The van der Waals surface area contributed by atoms with Gasteiger partial charge in [0.25, 0.3) is 5.56 Å². The molecule has 0 bridgehead atoms. The van der Waals surface area contributed by atoms with E-state index in [1.807, 2.05) is 24.0 Å². The third-order valence-electron chi connectivity index (χ3n) is 5.13. The van der Waals surface area contributed by atoms with E-state index in [1.165, 1.54) is 4.68 Å². The van der Waals surface area contributed by atoms with Crippen LogP contribution in [0, 0.1) is 6.92 Å². The van der Waals surface area contributed by atoms with Gasteiger partial charge in [0.1, 0.15) is 17.9 Å². The molecular weight excluding hydrogens is 358 g/mol. The number of hydrogen-bond acceptors (Lipinski definition) is 5. The van der Waals surface area contributed by atoms with Gasteiger partial charge in [-0.15, -0.1) is 0 Å². The van der Waals surface area contributed by atoms with Crippen LogP contribution in [0.4, 0.5) is 0 Å². The highest BCUT2D eigenvalue weighted by molar-refractivity contribution is 5.82. The molecule has 1 aliphatic rings. The minimum atomic E-state index is -0.303. The topological polar surface area (TPSA) is 85.6 Å². The Morgan fingerprint density at radius 2 is 2.18 bits per heavy atom. The Morgan fingerprint density at radius 1 is 1.32 bits per heavy atom. The molecule has 0 spiro atoms. The van der Waals surface area contributed by atoms with Gasteiger partial charge < -0.3 is 9.32 Å². The van der Waals surface area contributed by atoms with Crippen molar-refractivity contribution in [2.45, 2.75) is 38.9 Å². The van der Waals surface area contributed by atoms with E-state index in [1.54, 1.807) is 35.2 Å². The number of carbonyl (C=O) groups is 1. The molecule has 4 heterocycles. The number of aryl methyl sites for hydroxylation is 1. The van der Waals surface area contributed by atoms with Crippen molar-refractivity contribution in [2.24, 2.45) is 0 Å². The second kappa shape index (κ2) is 6.33. The van der Waals surface area contributed by atoms with Crippen molar-refractivity contribution >= 4 is 22.5 Å². The van der Waals surface area contributed by atoms with Crippen LogP contribution in [0.1, 0.15) is 24.2 Å². The van der Waals surface area contributed by atoms with E-state index in [0.29, 0.717) is 23.5 Å². The molecule has 1 aliphatic carbocycles. The van der Waals surface area contributed by atoms with Crippen LogP contribution in [-0.2, 0) is 17.9 Å². The first-order valence-electron chi connectivity index (χ1n) is 9.26. The fourth-order valence-electron chi connectivity index (χ4n) is 3.65. The summed E-state index contributed by atoms with van der Waals surface area (Å²) in [6.07, 6.45) is 7.03. The molecule has 0 atom stereocenters. The van der Waals surface area contributed by atoms with Crippen molar-refractivity contribution in [3.8, 4) is 0 Å². The average molecular weight is 377 g/mol. The summed E-state index contributed by atoms with van der Waals surface area (Å²) >= 11 is 0. The molecule has 0 aromatic carbocycles. The summed E-state index contributed by atoms with van der Waals surface area (Å²) in [4.78, 5) is 31.9. The van der Waals surface area contributed by atoms with Crippen LogP contribution in [0.15, 0.2) is 52.1 Å². The van der Waals surface area contributed by atoms with Gasteiger partial charge in [0, 0.05) is 37.1 Å². The van der Waals surface area contributed by atoms with E-state index >= 15 is 0 Å². The molecule has 0 unspecified atom stereocenters. The van der Waals surface area contributed by atoms with Crippen LogP contribution in [0.2, 0.25) is 0 Å². The zero-order valence-corrected chi connectivity index (χ0v) is 15.4. The van der Waals surface area contributed by atoms with E-state index < -0.39 is 0 Å². The Labute approximate surface area is 160 Å². The lowest BCUT2D eigenvalue weighted by atomic mass is 10.2. The normalized spacial score (nSPS) is 14.0. The summed E-state index contributed by atoms with van der Waals surface area (Å²) < 4.78 is 8.42. The summed E-state index contributed by atoms with van der Waals surface area (Å²) in [5.41, 5.74) is 2.55. The number of amides is 1. The second-order valence-corrected chi connectivity index (χ2v) is 7.16. The molecule has 8 nitrogen and oxygen atoms in total. The SMILES string of the molecule is Cc1nn(CC(=O)N(Cc2cccnc2)C2CC2)c(=O)c2cc3occc3n12. The molecule has 4 aromatic heterocycles. The van der Waals surface area contributed by atoms with Gasteiger partial charge in [0.15, 0.2) is 5.58 Å². The summed E-state index contributed by atoms with van der Waals surface area (Å²) in [6.45, 7) is 2.22. The first-order chi connectivity index (χ1) is 13.6. The van der Waals surface area contributed by atoms with Crippen LogP contribution in [0.3, 0.4) is 0 Å². The molecule has 28 heavy (non-hydrogen) atoms. The number of pyridine rings is 1. The molecule has 0 N–H and O–H groups in total. The van der Waals surface area contributed by atoms with Crippen molar-refractivity contribution in [3.63, 3.8) is 0 Å². The van der Waals surface area contributed by atoms with Crippen LogP contribution in [0.25, 0.3) is 16.6 Å². The van der Waals surface area contributed by atoms with Gasteiger partial charge in [-0.25, -0.2) is 4.68 Å². The zero-order valence-electron chi connectivity index (χ0n) is 15.4. The highest BCUT2D eigenvalue weighted by Crippen LogP contribution is 2.28. The van der Waals surface area contributed by atoms with Crippen LogP contribution < -0.4 is 5.56 Å². The van der Waals surface area contributed by atoms with Gasteiger partial charge in [0.05, 0.1) is 11.8 Å². The van der Waals surface area contributed by atoms with Gasteiger partial charge in [-0.1, -0.05) is 6.07 Å². The Hall–Kier alpha value is -3.42. The minimum Gasteiger partial charge on any atom is -0.463 e. The number of hydrogen-bond donors (Lipinski definition) is 0. The summed E-state index contributed by atoms with van der Waals surface area (Å²) in [7, 11) is 0. The van der Waals surface area contributed by atoms with Crippen LogP contribution in [-0.4, -0.2) is 36.0 Å². The molecule has 5 rings (SSSR count). The summed E-state index contributed by atoms with van der Waals surface area (Å²) in [5.74, 6) is 0.518. The Kier molecular flexibility index (Phi) is 3.78.